The normalized spacial score (nSPS) is 16.1. The second-order valence-electron chi connectivity index (χ2n) is 7.76. The number of aryl methyl sites for hydroxylation is 1. The minimum Gasteiger partial charge on any atom is -0.458 e. The molecule has 1 saturated carbocycles. The van der Waals surface area contributed by atoms with Crippen LogP contribution in [0.4, 0.5) is 5.95 Å². The molecule has 4 rings (SSSR count). The number of aromatic nitrogens is 5. The SMILES string of the molecule is CCCO[C@@H](c1ncc(Cl)cn1)[C@H](C)S(=O)(=O)Nc1nnc(-c2ccc(C)o2)n1C1CC1. The fraction of sp³-hybridized carbons (Fsp3) is 0.500. The molecule has 3 aromatic rings. The average Bonchev–Trinajstić information content (AvgIpc) is 3.38. The van der Waals surface area contributed by atoms with Gasteiger partial charge in [-0.3, -0.25) is 9.29 Å². The Labute approximate surface area is 191 Å². The molecule has 1 aliphatic carbocycles. The lowest BCUT2D eigenvalue weighted by Gasteiger charge is -2.23. The first-order valence-electron chi connectivity index (χ1n) is 10.4. The molecule has 172 valence electrons. The highest BCUT2D eigenvalue weighted by Gasteiger charge is 2.37. The average molecular weight is 481 g/mol. The van der Waals surface area contributed by atoms with E-state index in [2.05, 4.69) is 24.9 Å². The van der Waals surface area contributed by atoms with E-state index in [1.165, 1.54) is 12.4 Å². The minimum absolute atomic E-state index is 0.116. The van der Waals surface area contributed by atoms with Crippen molar-refractivity contribution in [2.45, 2.75) is 57.4 Å². The summed E-state index contributed by atoms with van der Waals surface area (Å²) in [5.74, 6) is 2.16. The number of rotatable bonds is 10. The number of hydrogen-bond acceptors (Lipinski definition) is 8. The van der Waals surface area contributed by atoms with Crippen molar-refractivity contribution in [1.82, 2.24) is 24.7 Å². The zero-order valence-electron chi connectivity index (χ0n) is 18.0. The summed E-state index contributed by atoms with van der Waals surface area (Å²) in [4.78, 5) is 8.34. The van der Waals surface area contributed by atoms with Crippen molar-refractivity contribution in [3.63, 3.8) is 0 Å². The molecule has 10 nitrogen and oxygen atoms in total. The highest BCUT2D eigenvalue weighted by atomic mass is 35.5. The molecule has 0 radical (unpaired) electrons. The van der Waals surface area contributed by atoms with Gasteiger partial charge < -0.3 is 9.15 Å². The van der Waals surface area contributed by atoms with Gasteiger partial charge in [-0.25, -0.2) is 18.4 Å². The highest BCUT2D eigenvalue weighted by molar-refractivity contribution is 7.93. The molecular formula is C20H25ClN6O4S. The molecule has 1 aliphatic rings. The van der Waals surface area contributed by atoms with Gasteiger partial charge in [0.15, 0.2) is 11.6 Å². The molecule has 12 heteroatoms. The van der Waals surface area contributed by atoms with Gasteiger partial charge in [0.05, 0.1) is 5.02 Å². The van der Waals surface area contributed by atoms with Crippen LogP contribution in [0.25, 0.3) is 11.6 Å². The summed E-state index contributed by atoms with van der Waals surface area (Å²) in [6.45, 7) is 5.68. The van der Waals surface area contributed by atoms with Gasteiger partial charge in [-0.05, 0) is 45.2 Å². The third-order valence-electron chi connectivity index (χ3n) is 5.11. The molecule has 0 aromatic carbocycles. The van der Waals surface area contributed by atoms with Crippen LogP contribution in [0.5, 0.6) is 0 Å². The number of furan rings is 1. The quantitative estimate of drug-likeness (QED) is 0.462. The maximum Gasteiger partial charge on any atom is 0.240 e. The Bertz CT molecular complexity index is 1170. The van der Waals surface area contributed by atoms with Gasteiger partial charge in [-0.2, -0.15) is 0 Å². The number of ether oxygens (including phenoxy) is 1. The first-order valence-corrected chi connectivity index (χ1v) is 12.3. The first-order chi connectivity index (χ1) is 15.3. The number of hydrogen-bond donors (Lipinski definition) is 1. The number of halogens is 1. The second-order valence-corrected chi connectivity index (χ2v) is 10.2. The molecule has 1 N–H and O–H groups in total. The third-order valence-corrected chi connectivity index (χ3v) is 7.00. The Morgan fingerprint density at radius 3 is 2.59 bits per heavy atom. The van der Waals surface area contributed by atoms with Crippen LogP contribution in [-0.4, -0.2) is 45.0 Å². The van der Waals surface area contributed by atoms with Crippen LogP contribution in [-0.2, 0) is 14.8 Å². The van der Waals surface area contributed by atoms with Crippen molar-refractivity contribution in [3.8, 4) is 11.6 Å². The molecule has 3 heterocycles. The van der Waals surface area contributed by atoms with Crippen molar-refractivity contribution in [1.29, 1.82) is 0 Å². The van der Waals surface area contributed by atoms with E-state index in [-0.39, 0.29) is 17.8 Å². The highest BCUT2D eigenvalue weighted by Crippen LogP contribution is 2.41. The zero-order chi connectivity index (χ0) is 22.9. The molecule has 0 aliphatic heterocycles. The number of nitrogens with one attached hydrogen (secondary N) is 1. The summed E-state index contributed by atoms with van der Waals surface area (Å²) in [7, 11) is -3.94. The van der Waals surface area contributed by atoms with Crippen molar-refractivity contribution in [2.24, 2.45) is 0 Å². The topological polar surface area (TPSA) is 125 Å². The van der Waals surface area contributed by atoms with Gasteiger partial charge in [0.2, 0.25) is 21.8 Å². The molecule has 3 aromatic heterocycles. The smallest absolute Gasteiger partial charge is 0.240 e. The Hall–Kier alpha value is -2.50. The molecule has 0 spiro atoms. The second kappa shape index (κ2) is 9.16. The summed E-state index contributed by atoms with van der Waals surface area (Å²) in [5.41, 5.74) is 0. The van der Waals surface area contributed by atoms with Crippen LogP contribution < -0.4 is 4.72 Å². The maximum absolute atomic E-state index is 13.3. The molecule has 1 fully saturated rings. The standard InChI is InChI=1S/C20H25ClN6O4S/c1-4-9-30-17(18-22-10-14(21)11-23-18)13(3)32(28,29)26-20-25-24-19(27(20)15-6-7-15)16-8-5-12(2)31-16/h5,8,10-11,13,15,17H,4,6-7,9H2,1-3H3,(H,25,26)/t13-,17+/m0/s1. The first kappa shape index (κ1) is 22.7. The maximum atomic E-state index is 13.3. The van der Waals surface area contributed by atoms with Crippen molar-refractivity contribution in [3.05, 3.63) is 41.1 Å². The van der Waals surface area contributed by atoms with Crippen LogP contribution in [0, 0.1) is 6.92 Å². The van der Waals surface area contributed by atoms with Gasteiger partial charge in [-0.15, -0.1) is 10.2 Å². The van der Waals surface area contributed by atoms with Gasteiger partial charge in [0, 0.05) is 25.0 Å². The molecule has 0 unspecified atom stereocenters. The summed E-state index contributed by atoms with van der Waals surface area (Å²) in [6, 6.07) is 3.74. The Balaban J connectivity index is 1.63. The molecular weight excluding hydrogens is 456 g/mol. The van der Waals surface area contributed by atoms with E-state index in [9.17, 15) is 8.42 Å². The zero-order valence-corrected chi connectivity index (χ0v) is 19.6. The van der Waals surface area contributed by atoms with Gasteiger partial charge in [0.1, 0.15) is 17.1 Å². The van der Waals surface area contributed by atoms with Gasteiger partial charge in [-0.1, -0.05) is 18.5 Å². The lowest BCUT2D eigenvalue weighted by Crippen LogP contribution is -2.34. The summed E-state index contributed by atoms with van der Waals surface area (Å²) in [6.07, 6.45) is 4.49. The van der Waals surface area contributed by atoms with Crippen molar-refractivity contribution < 1.29 is 17.6 Å². The minimum atomic E-state index is -3.94. The van der Waals surface area contributed by atoms with E-state index in [1.54, 1.807) is 17.6 Å². The predicted octanol–water partition coefficient (Wildman–Crippen LogP) is 3.92. The van der Waals surface area contributed by atoms with E-state index < -0.39 is 21.4 Å². The molecule has 2 atom stereocenters. The molecule has 0 saturated heterocycles. The van der Waals surface area contributed by atoms with E-state index in [1.807, 2.05) is 19.9 Å². The number of sulfonamides is 1. The Morgan fingerprint density at radius 2 is 2.00 bits per heavy atom. The fourth-order valence-electron chi connectivity index (χ4n) is 3.28. The van der Waals surface area contributed by atoms with Gasteiger partial charge >= 0.3 is 0 Å². The van der Waals surface area contributed by atoms with Gasteiger partial charge in [0.25, 0.3) is 0 Å². The Morgan fingerprint density at radius 1 is 1.28 bits per heavy atom. The number of anilines is 1. The summed E-state index contributed by atoms with van der Waals surface area (Å²) in [5, 5.41) is 7.65. The summed E-state index contributed by atoms with van der Waals surface area (Å²) < 4.78 is 42.5. The monoisotopic (exact) mass is 480 g/mol. The van der Waals surface area contributed by atoms with E-state index in [0.717, 1.165) is 18.6 Å². The van der Waals surface area contributed by atoms with Crippen molar-refractivity contribution in [2.75, 3.05) is 11.3 Å². The molecule has 0 bridgehead atoms. The lowest BCUT2D eigenvalue weighted by molar-refractivity contribution is 0.0466. The van der Waals surface area contributed by atoms with Crippen LogP contribution in [0.15, 0.2) is 28.9 Å². The van der Waals surface area contributed by atoms with E-state index in [4.69, 9.17) is 20.8 Å². The number of nitrogens with zero attached hydrogens (tertiary/aromatic N) is 5. The van der Waals surface area contributed by atoms with E-state index >= 15 is 0 Å². The fourth-order valence-corrected chi connectivity index (χ4v) is 4.48. The third kappa shape index (κ3) is 4.79. The van der Waals surface area contributed by atoms with Crippen molar-refractivity contribution >= 4 is 27.6 Å². The predicted molar refractivity (Wildman–Crippen MR) is 119 cm³/mol. The van der Waals surface area contributed by atoms with E-state index in [0.29, 0.717) is 29.6 Å². The molecule has 32 heavy (non-hydrogen) atoms. The van der Waals surface area contributed by atoms with Crippen LogP contribution in [0.3, 0.4) is 0 Å². The molecule has 0 amide bonds. The largest absolute Gasteiger partial charge is 0.458 e. The Kier molecular flexibility index (Phi) is 6.50. The lowest BCUT2D eigenvalue weighted by atomic mass is 10.2. The van der Waals surface area contributed by atoms with Crippen LogP contribution in [0.1, 0.15) is 56.8 Å². The van der Waals surface area contributed by atoms with Crippen LogP contribution >= 0.6 is 11.6 Å². The van der Waals surface area contributed by atoms with Crippen LogP contribution in [0.2, 0.25) is 5.02 Å². The summed E-state index contributed by atoms with van der Waals surface area (Å²) >= 11 is 5.88.